The molecule has 0 amide bonds. The summed E-state index contributed by atoms with van der Waals surface area (Å²) in [5.74, 6) is -2.69. The summed E-state index contributed by atoms with van der Waals surface area (Å²) in [5, 5.41) is 26.7. The third-order valence-corrected chi connectivity index (χ3v) is 2.19. The Hall–Kier alpha value is -1.76. The average Bonchev–Trinajstić information content (AvgIpc) is 2.15. The molecule has 0 aromatic heterocycles. The van der Waals surface area contributed by atoms with Gasteiger partial charge in [0.25, 0.3) is 5.60 Å². The van der Waals surface area contributed by atoms with Crippen molar-refractivity contribution < 1.29 is 33.3 Å². The molecule has 1 unspecified atom stereocenters. The van der Waals surface area contributed by atoms with Gasteiger partial charge < -0.3 is 15.3 Å². The van der Waals surface area contributed by atoms with Crippen molar-refractivity contribution in [2.75, 3.05) is 0 Å². The van der Waals surface area contributed by atoms with Crippen molar-refractivity contribution in [3.63, 3.8) is 0 Å². The molecule has 94 valence electrons. The van der Waals surface area contributed by atoms with E-state index in [1.165, 1.54) is 18.2 Å². The number of carboxylic acid groups (broad SMARTS) is 1. The third kappa shape index (κ3) is 2.68. The van der Waals surface area contributed by atoms with Crippen molar-refractivity contribution in [1.82, 2.24) is 0 Å². The molecule has 4 nitrogen and oxygen atoms in total. The Labute approximate surface area is 93.9 Å². The summed E-state index contributed by atoms with van der Waals surface area (Å²) in [7, 11) is 0. The van der Waals surface area contributed by atoms with Gasteiger partial charge in [0, 0.05) is 6.42 Å². The molecule has 1 rings (SSSR count). The Bertz CT molecular complexity index is 430. The predicted molar refractivity (Wildman–Crippen MR) is 50.5 cm³/mol. The molecule has 17 heavy (non-hydrogen) atoms. The molecule has 3 N–H and O–H groups in total. The van der Waals surface area contributed by atoms with Gasteiger partial charge in [-0.2, -0.15) is 13.2 Å². The standard InChI is InChI=1S/C10H9F3O4/c11-10(12,13)9(17,8(15)16)5-6-2-1-3-7(14)4-6/h1-4,14,17H,5H2,(H,15,16). The number of benzene rings is 1. The maximum Gasteiger partial charge on any atom is 0.428 e. The highest BCUT2D eigenvalue weighted by Crippen LogP contribution is 2.34. The molecule has 0 fully saturated rings. The van der Waals surface area contributed by atoms with Crippen molar-refractivity contribution in [1.29, 1.82) is 0 Å². The Kier molecular flexibility index (Phi) is 3.33. The molecule has 1 aromatic rings. The number of aliphatic carboxylic acids is 1. The minimum absolute atomic E-state index is 0.132. The molecule has 0 heterocycles. The molecule has 0 aliphatic carbocycles. The summed E-state index contributed by atoms with van der Waals surface area (Å²) < 4.78 is 37.3. The molecule has 0 aliphatic heterocycles. The molecule has 1 atom stereocenters. The normalized spacial score (nSPS) is 15.3. The lowest BCUT2D eigenvalue weighted by molar-refractivity contribution is -0.259. The van der Waals surface area contributed by atoms with Crippen molar-refractivity contribution in [3.8, 4) is 5.75 Å². The molecule has 0 aliphatic rings. The summed E-state index contributed by atoms with van der Waals surface area (Å²) >= 11 is 0. The molecule has 1 aromatic carbocycles. The molecule has 0 bridgehead atoms. The van der Waals surface area contributed by atoms with Gasteiger partial charge in [0.05, 0.1) is 0 Å². The number of phenols is 1. The minimum Gasteiger partial charge on any atom is -0.508 e. The van der Waals surface area contributed by atoms with Gasteiger partial charge >= 0.3 is 12.1 Å². The summed E-state index contributed by atoms with van der Waals surface area (Å²) in [6.07, 6.45) is -6.47. The SMILES string of the molecule is O=C(O)C(O)(Cc1cccc(O)c1)C(F)(F)F. The van der Waals surface area contributed by atoms with E-state index in [4.69, 9.17) is 15.3 Å². The monoisotopic (exact) mass is 250 g/mol. The van der Waals surface area contributed by atoms with Crippen LogP contribution in [0.2, 0.25) is 0 Å². The van der Waals surface area contributed by atoms with Crippen LogP contribution < -0.4 is 0 Å². The smallest absolute Gasteiger partial charge is 0.428 e. The van der Waals surface area contributed by atoms with Gasteiger partial charge in [-0.25, -0.2) is 4.79 Å². The summed E-state index contributed by atoms with van der Waals surface area (Å²) in [6.45, 7) is 0. The number of phenolic OH excluding ortho intramolecular Hbond substituents is 1. The number of aliphatic hydroxyl groups is 1. The van der Waals surface area contributed by atoms with Crippen LogP contribution >= 0.6 is 0 Å². The van der Waals surface area contributed by atoms with E-state index in [9.17, 15) is 18.0 Å². The van der Waals surface area contributed by atoms with E-state index >= 15 is 0 Å². The van der Waals surface area contributed by atoms with Crippen LogP contribution in [0.1, 0.15) is 5.56 Å². The number of hydrogen-bond acceptors (Lipinski definition) is 3. The van der Waals surface area contributed by atoms with Crippen LogP contribution in [0.15, 0.2) is 24.3 Å². The van der Waals surface area contributed by atoms with Crippen molar-refractivity contribution in [3.05, 3.63) is 29.8 Å². The van der Waals surface area contributed by atoms with E-state index in [-0.39, 0.29) is 11.3 Å². The fourth-order valence-electron chi connectivity index (χ4n) is 1.26. The topological polar surface area (TPSA) is 77.8 Å². The first-order chi connectivity index (χ1) is 7.67. The molecule has 0 saturated heterocycles. The lowest BCUT2D eigenvalue weighted by atomic mass is 9.94. The number of alkyl halides is 3. The van der Waals surface area contributed by atoms with Crippen molar-refractivity contribution >= 4 is 5.97 Å². The van der Waals surface area contributed by atoms with Gasteiger partial charge in [-0.3, -0.25) is 0 Å². The Balaban J connectivity index is 3.08. The van der Waals surface area contributed by atoms with Crippen LogP contribution in [0.5, 0.6) is 5.75 Å². The second-order valence-corrected chi connectivity index (χ2v) is 3.51. The van der Waals surface area contributed by atoms with Crippen molar-refractivity contribution in [2.24, 2.45) is 0 Å². The van der Waals surface area contributed by atoms with E-state index in [1.54, 1.807) is 0 Å². The van der Waals surface area contributed by atoms with Gasteiger partial charge in [-0.05, 0) is 17.7 Å². The summed E-state index contributed by atoms with van der Waals surface area (Å²) in [4.78, 5) is 10.5. The Morgan fingerprint density at radius 2 is 1.88 bits per heavy atom. The second kappa shape index (κ2) is 4.25. The van der Waals surface area contributed by atoms with Gasteiger partial charge in [0.15, 0.2) is 0 Å². The number of carbonyl (C=O) groups is 1. The zero-order chi connectivity index (χ0) is 13.3. The molecule has 7 heteroatoms. The second-order valence-electron chi connectivity index (χ2n) is 3.51. The highest BCUT2D eigenvalue weighted by Gasteiger charge is 2.59. The number of halogens is 3. The van der Waals surface area contributed by atoms with Crippen LogP contribution in [0.4, 0.5) is 13.2 Å². The number of carboxylic acids is 1. The van der Waals surface area contributed by atoms with Crippen LogP contribution in [0.25, 0.3) is 0 Å². The molecule has 0 saturated carbocycles. The Morgan fingerprint density at radius 3 is 2.29 bits per heavy atom. The minimum atomic E-state index is -5.30. The van der Waals surface area contributed by atoms with Crippen LogP contribution in [0, 0.1) is 0 Å². The number of rotatable bonds is 3. The lowest BCUT2D eigenvalue weighted by Crippen LogP contribution is -2.53. The quantitative estimate of drug-likeness (QED) is 0.755. The summed E-state index contributed by atoms with van der Waals surface area (Å²) in [6, 6.07) is 4.61. The molecular formula is C10H9F3O4. The van der Waals surface area contributed by atoms with E-state index < -0.39 is 24.2 Å². The van der Waals surface area contributed by atoms with E-state index in [2.05, 4.69) is 0 Å². The van der Waals surface area contributed by atoms with Crippen LogP contribution in [-0.4, -0.2) is 33.1 Å². The van der Waals surface area contributed by atoms with Crippen LogP contribution in [-0.2, 0) is 11.2 Å². The van der Waals surface area contributed by atoms with Gasteiger partial charge in [0.1, 0.15) is 5.75 Å². The summed E-state index contributed by atoms with van der Waals surface area (Å²) in [5.41, 5.74) is -3.99. The van der Waals surface area contributed by atoms with E-state index in [1.807, 2.05) is 0 Å². The fraction of sp³-hybridized carbons (Fsp3) is 0.300. The van der Waals surface area contributed by atoms with Gasteiger partial charge in [-0.15, -0.1) is 0 Å². The Morgan fingerprint density at radius 1 is 1.29 bits per heavy atom. The molecule has 0 spiro atoms. The predicted octanol–water partition coefficient (Wildman–Crippen LogP) is 1.31. The number of aromatic hydroxyl groups is 1. The van der Waals surface area contributed by atoms with E-state index in [0.29, 0.717) is 0 Å². The first-order valence-electron chi connectivity index (χ1n) is 4.47. The largest absolute Gasteiger partial charge is 0.508 e. The molecular weight excluding hydrogens is 241 g/mol. The van der Waals surface area contributed by atoms with Crippen LogP contribution in [0.3, 0.4) is 0 Å². The average molecular weight is 250 g/mol. The van der Waals surface area contributed by atoms with E-state index in [0.717, 1.165) is 6.07 Å². The first kappa shape index (κ1) is 13.3. The zero-order valence-corrected chi connectivity index (χ0v) is 8.40. The van der Waals surface area contributed by atoms with Gasteiger partial charge in [-0.1, -0.05) is 12.1 Å². The highest BCUT2D eigenvalue weighted by molar-refractivity contribution is 5.78. The first-order valence-corrected chi connectivity index (χ1v) is 4.47. The zero-order valence-electron chi connectivity index (χ0n) is 8.40. The van der Waals surface area contributed by atoms with Gasteiger partial charge in [0.2, 0.25) is 0 Å². The molecule has 0 radical (unpaired) electrons. The number of hydrogen-bond donors (Lipinski definition) is 3. The fourth-order valence-corrected chi connectivity index (χ4v) is 1.26. The van der Waals surface area contributed by atoms with Crippen molar-refractivity contribution in [2.45, 2.75) is 18.2 Å². The highest BCUT2D eigenvalue weighted by atomic mass is 19.4. The maximum absolute atomic E-state index is 12.4. The maximum atomic E-state index is 12.4. The lowest BCUT2D eigenvalue weighted by Gasteiger charge is -2.26. The third-order valence-electron chi connectivity index (χ3n) is 2.19.